The number of hydrogen-bond donors (Lipinski definition) is 0. The molecule has 0 spiro atoms. The molecule has 0 aliphatic carbocycles. The molecule has 150 valence electrons. The van der Waals surface area contributed by atoms with E-state index in [9.17, 15) is 0 Å². The number of aryl methyl sites for hydroxylation is 6. The van der Waals surface area contributed by atoms with Gasteiger partial charge in [-0.1, -0.05) is 49.2 Å². The smallest absolute Gasteiger partial charge is 0.234 e. The van der Waals surface area contributed by atoms with Crippen molar-refractivity contribution in [3.05, 3.63) is 68.8 Å². The summed E-state index contributed by atoms with van der Waals surface area (Å²) in [7, 11) is 0. The molecule has 0 fully saturated rings. The van der Waals surface area contributed by atoms with E-state index in [4.69, 9.17) is 0 Å². The fraction of sp³-hybridized carbons (Fsp3) is 0.500. The Hall–Kier alpha value is -2.09. The van der Waals surface area contributed by atoms with Crippen molar-refractivity contribution in [1.82, 2.24) is 4.90 Å². The molecule has 2 heteroatoms. The fourth-order valence-electron chi connectivity index (χ4n) is 4.98. The van der Waals surface area contributed by atoms with Crippen LogP contribution >= 0.6 is 0 Å². The summed E-state index contributed by atoms with van der Waals surface area (Å²) in [6, 6.07) is 9.25. The molecule has 1 aliphatic heterocycles. The monoisotopic (exact) mass is 377 g/mol. The molecule has 1 heterocycles. The van der Waals surface area contributed by atoms with E-state index in [1.807, 2.05) is 0 Å². The van der Waals surface area contributed by atoms with Crippen LogP contribution in [0.4, 0.5) is 0 Å². The van der Waals surface area contributed by atoms with Gasteiger partial charge in [0.1, 0.15) is 13.1 Å². The summed E-state index contributed by atoms with van der Waals surface area (Å²) in [4.78, 5) is 2.52. The number of hydrogen-bond acceptors (Lipinski definition) is 1. The van der Waals surface area contributed by atoms with Gasteiger partial charge in [-0.3, -0.25) is 9.48 Å². The molecule has 3 rings (SSSR count). The topological polar surface area (TPSA) is 6.25 Å². The Morgan fingerprint density at radius 1 is 0.786 bits per heavy atom. The van der Waals surface area contributed by atoms with Crippen molar-refractivity contribution < 1.29 is 4.58 Å². The van der Waals surface area contributed by atoms with E-state index in [1.165, 1.54) is 44.5 Å². The summed E-state index contributed by atoms with van der Waals surface area (Å²) in [6.45, 7) is 22.3. The van der Waals surface area contributed by atoms with E-state index in [0.29, 0.717) is 0 Å². The van der Waals surface area contributed by atoms with Crippen LogP contribution in [0.3, 0.4) is 0 Å². The molecule has 0 N–H and O–H groups in total. The molecule has 0 bridgehead atoms. The van der Waals surface area contributed by atoms with Gasteiger partial charge < -0.3 is 0 Å². The summed E-state index contributed by atoms with van der Waals surface area (Å²) in [5, 5.41) is 0. The first-order chi connectivity index (χ1) is 13.0. The maximum absolute atomic E-state index is 2.52. The van der Waals surface area contributed by atoms with Gasteiger partial charge in [0, 0.05) is 5.41 Å². The van der Waals surface area contributed by atoms with Crippen LogP contribution in [0.1, 0.15) is 58.4 Å². The molecule has 0 atom stereocenters. The summed E-state index contributed by atoms with van der Waals surface area (Å²) < 4.78 is 2.52. The number of rotatable bonds is 4. The summed E-state index contributed by atoms with van der Waals surface area (Å²) >= 11 is 0. The molecule has 0 aromatic heterocycles. The van der Waals surface area contributed by atoms with Crippen LogP contribution in [-0.4, -0.2) is 28.9 Å². The second-order valence-corrected chi connectivity index (χ2v) is 9.84. The van der Waals surface area contributed by atoms with Gasteiger partial charge in [0.15, 0.2) is 0 Å². The van der Waals surface area contributed by atoms with Crippen molar-refractivity contribution in [3.8, 4) is 0 Å². The minimum absolute atomic E-state index is 0.272. The number of nitrogens with zero attached hydrogens (tertiary/aromatic N) is 2. The average molecular weight is 378 g/mol. The zero-order valence-corrected chi connectivity index (χ0v) is 19.1. The van der Waals surface area contributed by atoms with Crippen molar-refractivity contribution in [2.75, 3.05) is 13.1 Å². The van der Waals surface area contributed by atoms with Crippen LogP contribution in [0.15, 0.2) is 24.3 Å². The highest BCUT2D eigenvalue weighted by Gasteiger charge is 2.33. The van der Waals surface area contributed by atoms with Gasteiger partial charge in [-0.2, -0.15) is 0 Å². The molecular formula is C26H37N2+. The van der Waals surface area contributed by atoms with Crippen LogP contribution in [-0.2, 0) is 13.1 Å². The lowest BCUT2D eigenvalue weighted by atomic mass is 9.90. The summed E-state index contributed by atoms with van der Waals surface area (Å²) in [5.74, 6) is 0. The van der Waals surface area contributed by atoms with Crippen molar-refractivity contribution in [3.63, 3.8) is 0 Å². The van der Waals surface area contributed by atoms with Crippen molar-refractivity contribution in [2.24, 2.45) is 5.41 Å². The van der Waals surface area contributed by atoms with Crippen LogP contribution in [0.25, 0.3) is 0 Å². The molecule has 0 saturated heterocycles. The Balaban J connectivity index is 1.89. The molecule has 0 saturated carbocycles. The standard InChI is InChI=1S/C26H37N2/c1-18-9-20(3)24(21(4)10-18)13-27-15-26(7,8)16-28(17-27)14-25-22(5)11-19(2)12-23(25)6/h9-12,17H,13-16H2,1-8H3/q+1. The van der Waals surface area contributed by atoms with Gasteiger partial charge in [-0.15, -0.1) is 0 Å². The second-order valence-electron chi connectivity index (χ2n) is 9.84. The molecular weight excluding hydrogens is 340 g/mol. The highest BCUT2D eigenvalue weighted by Crippen LogP contribution is 2.26. The number of benzene rings is 2. The lowest BCUT2D eigenvalue weighted by molar-refractivity contribution is -0.563. The third-order valence-electron chi connectivity index (χ3n) is 5.99. The minimum atomic E-state index is 0.272. The third kappa shape index (κ3) is 4.66. The maximum atomic E-state index is 2.52. The highest BCUT2D eigenvalue weighted by molar-refractivity contribution is 5.51. The first-order valence-corrected chi connectivity index (χ1v) is 10.5. The predicted octanol–water partition coefficient (Wildman–Crippen LogP) is 5.62. The van der Waals surface area contributed by atoms with Gasteiger partial charge in [-0.25, -0.2) is 0 Å². The van der Waals surface area contributed by atoms with E-state index in [1.54, 1.807) is 0 Å². The SMILES string of the molecule is Cc1cc(C)c(CN2C=[N+](Cc3c(C)cc(C)cc3C)CC(C)(C)C2)c(C)c1. The van der Waals surface area contributed by atoms with Crippen LogP contribution in [0.2, 0.25) is 0 Å². The molecule has 2 aromatic rings. The molecule has 0 unspecified atom stereocenters. The highest BCUT2D eigenvalue weighted by atomic mass is 15.2. The zero-order chi connectivity index (χ0) is 20.6. The molecule has 0 amide bonds. The summed E-state index contributed by atoms with van der Waals surface area (Å²) in [5.41, 5.74) is 11.6. The zero-order valence-electron chi connectivity index (χ0n) is 19.1. The van der Waals surface area contributed by atoms with E-state index in [0.717, 1.165) is 26.2 Å². The molecule has 2 aromatic carbocycles. The molecule has 1 aliphatic rings. The quantitative estimate of drug-likeness (QED) is 0.627. The second kappa shape index (κ2) is 7.73. The predicted molar refractivity (Wildman–Crippen MR) is 120 cm³/mol. The normalized spacial score (nSPS) is 16.3. The first kappa shape index (κ1) is 20.6. The Morgan fingerprint density at radius 2 is 1.25 bits per heavy atom. The van der Waals surface area contributed by atoms with Gasteiger partial charge in [-0.05, 0) is 74.9 Å². The van der Waals surface area contributed by atoms with Crippen LogP contribution in [0, 0.1) is 47.0 Å². The first-order valence-electron chi connectivity index (χ1n) is 10.5. The molecule has 2 nitrogen and oxygen atoms in total. The van der Waals surface area contributed by atoms with Crippen molar-refractivity contribution in [2.45, 2.75) is 68.5 Å². The Morgan fingerprint density at radius 3 is 1.75 bits per heavy atom. The largest absolute Gasteiger partial charge is 0.263 e. The Labute approximate surface area is 171 Å². The minimum Gasteiger partial charge on any atom is -0.263 e. The van der Waals surface area contributed by atoms with Gasteiger partial charge in [0.05, 0.1) is 13.1 Å². The van der Waals surface area contributed by atoms with Crippen molar-refractivity contribution >= 4 is 6.34 Å². The van der Waals surface area contributed by atoms with Crippen LogP contribution in [0.5, 0.6) is 0 Å². The molecule has 0 radical (unpaired) electrons. The Bertz CT molecular complexity index is 872. The third-order valence-corrected chi connectivity index (χ3v) is 5.99. The fourth-order valence-corrected chi connectivity index (χ4v) is 4.98. The van der Waals surface area contributed by atoms with Gasteiger partial charge in [0.2, 0.25) is 6.34 Å². The maximum Gasteiger partial charge on any atom is 0.234 e. The lowest BCUT2D eigenvalue weighted by Crippen LogP contribution is -2.46. The van der Waals surface area contributed by atoms with E-state index >= 15 is 0 Å². The van der Waals surface area contributed by atoms with Gasteiger partial charge >= 0.3 is 0 Å². The van der Waals surface area contributed by atoms with Crippen molar-refractivity contribution in [1.29, 1.82) is 0 Å². The average Bonchev–Trinajstić information content (AvgIpc) is 2.53. The summed E-state index contributed by atoms with van der Waals surface area (Å²) in [6.07, 6.45) is 2.38. The van der Waals surface area contributed by atoms with Crippen LogP contribution < -0.4 is 0 Å². The van der Waals surface area contributed by atoms with E-state index < -0.39 is 0 Å². The Kier molecular flexibility index (Phi) is 5.70. The van der Waals surface area contributed by atoms with E-state index in [2.05, 4.69) is 95.5 Å². The lowest BCUT2D eigenvalue weighted by Gasteiger charge is -2.33. The molecule has 28 heavy (non-hydrogen) atoms. The van der Waals surface area contributed by atoms with E-state index in [-0.39, 0.29) is 5.41 Å². The van der Waals surface area contributed by atoms with Gasteiger partial charge in [0.25, 0.3) is 0 Å².